The Morgan fingerprint density at radius 2 is 1.78 bits per heavy atom. The number of nitrogens with zero attached hydrogens (tertiary/aromatic N) is 4. The van der Waals surface area contributed by atoms with E-state index in [0.717, 1.165) is 5.69 Å². The molecule has 2 amide bonds. The number of aryl methyl sites for hydroxylation is 1. The summed E-state index contributed by atoms with van der Waals surface area (Å²) in [4.78, 5) is 28.3. The number of piperazine rings is 1. The Hall–Kier alpha value is -2.05. The molecule has 0 bridgehead atoms. The van der Waals surface area contributed by atoms with E-state index < -0.39 is 5.60 Å². The van der Waals surface area contributed by atoms with Crippen molar-refractivity contribution in [3.05, 3.63) is 18.0 Å². The van der Waals surface area contributed by atoms with Crippen LogP contribution in [0.3, 0.4) is 0 Å². The molecule has 0 spiro atoms. The van der Waals surface area contributed by atoms with Crippen molar-refractivity contribution < 1.29 is 14.3 Å². The Morgan fingerprint density at radius 1 is 1.22 bits per heavy atom. The third kappa shape index (κ3) is 4.03. The average Bonchev–Trinajstić information content (AvgIpc) is 2.82. The van der Waals surface area contributed by atoms with E-state index in [-0.39, 0.29) is 24.2 Å². The van der Waals surface area contributed by atoms with Crippen LogP contribution in [0, 0.1) is 6.92 Å². The van der Waals surface area contributed by atoms with Crippen LogP contribution in [0.25, 0.3) is 0 Å². The van der Waals surface area contributed by atoms with Crippen LogP contribution in [0.1, 0.15) is 40.3 Å². The predicted octanol–water partition coefficient (Wildman–Crippen LogP) is 2.49. The summed E-state index contributed by atoms with van der Waals surface area (Å²) in [6.45, 7) is 12.1. The van der Waals surface area contributed by atoms with Crippen LogP contribution in [-0.2, 0) is 4.74 Å². The molecule has 0 aliphatic carbocycles. The third-order valence-electron chi connectivity index (χ3n) is 3.71. The quantitative estimate of drug-likeness (QED) is 0.736. The van der Waals surface area contributed by atoms with Gasteiger partial charge in [-0.05, 0) is 47.6 Å². The number of amides is 2. The molecule has 1 fully saturated rings. The fraction of sp³-hybridized carbons (Fsp3) is 0.688. The zero-order chi connectivity index (χ0) is 17.4. The van der Waals surface area contributed by atoms with Gasteiger partial charge in [-0.15, -0.1) is 0 Å². The smallest absolute Gasteiger partial charge is 0.410 e. The van der Waals surface area contributed by atoms with Crippen molar-refractivity contribution in [3.63, 3.8) is 0 Å². The minimum Gasteiger partial charge on any atom is -0.444 e. The summed E-state index contributed by atoms with van der Waals surface area (Å²) in [5.74, 6) is 0. The molecule has 0 saturated carbocycles. The van der Waals surface area contributed by atoms with Crippen molar-refractivity contribution >= 4 is 12.1 Å². The van der Waals surface area contributed by atoms with E-state index in [1.54, 1.807) is 22.1 Å². The minimum absolute atomic E-state index is 0.108. The van der Waals surface area contributed by atoms with Gasteiger partial charge in [-0.3, -0.25) is 0 Å². The summed E-state index contributed by atoms with van der Waals surface area (Å²) in [6.07, 6.45) is 1.33. The SMILES string of the molecule is Cc1ccn(C(=O)N2[C@H](C)CN(C(=O)OC(C)(C)C)C[C@@H]2C)n1. The van der Waals surface area contributed by atoms with Gasteiger partial charge < -0.3 is 14.5 Å². The van der Waals surface area contributed by atoms with E-state index in [1.165, 1.54) is 4.68 Å². The first-order valence-electron chi connectivity index (χ1n) is 7.91. The van der Waals surface area contributed by atoms with Gasteiger partial charge in [0.25, 0.3) is 0 Å². The Balaban J connectivity index is 2.08. The zero-order valence-electron chi connectivity index (χ0n) is 14.7. The molecule has 23 heavy (non-hydrogen) atoms. The number of hydrogen-bond donors (Lipinski definition) is 0. The fourth-order valence-corrected chi connectivity index (χ4v) is 2.82. The minimum atomic E-state index is -0.525. The van der Waals surface area contributed by atoms with Gasteiger partial charge in [-0.2, -0.15) is 9.78 Å². The van der Waals surface area contributed by atoms with Crippen LogP contribution in [0.5, 0.6) is 0 Å². The van der Waals surface area contributed by atoms with E-state index >= 15 is 0 Å². The molecule has 7 nitrogen and oxygen atoms in total. The molecule has 7 heteroatoms. The van der Waals surface area contributed by atoms with E-state index in [9.17, 15) is 9.59 Å². The number of carbonyl (C=O) groups excluding carboxylic acids is 2. The molecule has 128 valence electrons. The second kappa shape index (κ2) is 6.22. The van der Waals surface area contributed by atoms with Crippen LogP contribution < -0.4 is 0 Å². The molecule has 0 aromatic carbocycles. The Bertz CT molecular complexity index is 578. The van der Waals surface area contributed by atoms with Crippen molar-refractivity contribution in [3.8, 4) is 0 Å². The normalized spacial score (nSPS) is 22.2. The van der Waals surface area contributed by atoms with Crippen LogP contribution in [0.4, 0.5) is 9.59 Å². The Labute approximate surface area is 137 Å². The molecular weight excluding hydrogens is 296 g/mol. The average molecular weight is 322 g/mol. The molecular formula is C16H26N4O3. The lowest BCUT2D eigenvalue weighted by atomic mass is 10.1. The molecule has 2 heterocycles. The van der Waals surface area contributed by atoms with Gasteiger partial charge in [0.1, 0.15) is 5.60 Å². The summed E-state index contributed by atoms with van der Waals surface area (Å²) in [7, 11) is 0. The maximum absolute atomic E-state index is 12.6. The van der Waals surface area contributed by atoms with Crippen LogP contribution in [0.2, 0.25) is 0 Å². The Morgan fingerprint density at radius 3 is 2.22 bits per heavy atom. The number of aromatic nitrogens is 2. The highest BCUT2D eigenvalue weighted by Gasteiger charge is 2.37. The largest absolute Gasteiger partial charge is 0.444 e. The lowest BCUT2D eigenvalue weighted by Crippen LogP contribution is -2.61. The first-order chi connectivity index (χ1) is 10.6. The van der Waals surface area contributed by atoms with Gasteiger partial charge in [-0.25, -0.2) is 9.59 Å². The highest BCUT2D eigenvalue weighted by atomic mass is 16.6. The van der Waals surface area contributed by atoms with Gasteiger partial charge in [-0.1, -0.05) is 0 Å². The lowest BCUT2D eigenvalue weighted by molar-refractivity contribution is 0.00102. The standard InChI is InChI=1S/C16H26N4O3/c1-11-7-8-19(17-11)14(21)20-12(2)9-18(10-13(20)3)15(22)23-16(4,5)6/h7-8,12-13H,9-10H2,1-6H3/t12-,13+. The highest BCUT2D eigenvalue weighted by Crippen LogP contribution is 2.19. The molecule has 2 atom stereocenters. The van der Waals surface area contributed by atoms with Crippen molar-refractivity contribution in [2.24, 2.45) is 0 Å². The van der Waals surface area contributed by atoms with Crippen LogP contribution in [-0.4, -0.2) is 62.5 Å². The number of hydrogen-bond acceptors (Lipinski definition) is 4. The maximum Gasteiger partial charge on any atom is 0.410 e. The predicted molar refractivity (Wildman–Crippen MR) is 86.3 cm³/mol. The summed E-state index contributed by atoms with van der Waals surface area (Å²) < 4.78 is 6.78. The van der Waals surface area contributed by atoms with Gasteiger partial charge in [0.2, 0.25) is 0 Å². The van der Waals surface area contributed by atoms with Crippen LogP contribution >= 0.6 is 0 Å². The molecule has 0 radical (unpaired) electrons. The zero-order valence-corrected chi connectivity index (χ0v) is 14.7. The first kappa shape index (κ1) is 17.3. The first-order valence-corrected chi connectivity index (χ1v) is 7.91. The molecule has 1 aliphatic heterocycles. The lowest BCUT2D eigenvalue weighted by Gasteiger charge is -2.44. The van der Waals surface area contributed by atoms with Crippen LogP contribution in [0.15, 0.2) is 12.3 Å². The van der Waals surface area contributed by atoms with Crippen molar-refractivity contribution in [1.29, 1.82) is 0 Å². The van der Waals surface area contributed by atoms with Crippen molar-refractivity contribution in [2.45, 2.75) is 59.2 Å². The fourth-order valence-electron chi connectivity index (χ4n) is 2.82. The monoisotopic (exact) mass is 322 g/mol. The van der Waals surface area contributed by atoms with Gasteiger partial charge >= 0.3 is 12.1 Å². The van der Waals surface area contributed by atoms with Gasteiger partial charge in [0, 0.05) is 31.4 Å². The molecule has 2 rings (SSSR count). The number of ether oxygens (including phenoxy) is 1. The van der Waals surface area contributed by atoms with E-state index in [0.29, 0.717) is 13.1 Å². The molecule has 0 N–H and O–H groups in total. The summed E-state index contributed by atoms with van der Waals surface area (Å²) in [6, 6.07) is 1.41. The van der Waals surface area contributed by atoms with Crippen molar-refractivity contribution in [1.82, 2.24) is 19.6 Å². The molecule has 1 aromatic rings. The molecule has 1 aromatic heterocycles. The molecule has 1 aliphatic rings. The second-order valence-electron chi connectivity index (χ2n) is 7.17. The maximum atomic E-state index is 12.6. The molecule has 0 unspecified atom stereocenters. The third-order valence-corrected chi connectivity index (χ3v) is 3.71. The summed E-state index contributed by atoms with van der Waals surface area (Å²) in [5.41, 5.74) is 0.273. The highest BCUT2D eigenvalue weighted by molar-refractivity contribution is 5.77. The van der Waals surface area contributed by atoms with E-state index in [4.69, 9.17) is 4.74 Å². The van der Waals surface area contributed by atoms with E-state index in [1.807, 2.05) is 41.5 Å². The van der Waals surface area contributed by atoms with Gasteiger partial charge in [0.15, 0.2) is 0 Å². The number of carbonyl (C=O) groups is 2. The summed E-state index contributed by atoms with van der Waals surface area (Å²) >= 11 is 0. The second-order valence-corrected chi connectivity index (χ2v) is 7.17. The summed E-state index contributed by atoms with van der Waals surface area (Å²) in [5, 5.41) is 4.18. The van der Waals surface area contributed by atoms with Gasteiger partial charge in [0.05, 0.1) is 5.69 Å². The van der Waals surface area contributed by atoms with E-state index in [2.05, 4.69) is 5.10 Å². The molecule has 1 saturated heterocycles. The Kier molecular flexibility index (Phi) is 4.68. The van der Waals surface area contributed by atoms with Crippen molar-refractivity contribution in [2.75, 3.05) is 13.1 Å². The topological polar surface area (TPSA) is 67.7 Å². The number of rotatable bonds is 0.